The third kappa shape index (κ3) is 4.08. The maximum atomic E-state index is 13.3. The van der Waals surface area contributed by atoms with Crippen molar-refractivity contribution in [3.63, 3.8) is 0 Å². The number of imide groups is 1. The molecule has 0 unspecified atom stereocenters. The Morgan fingerprint density at radius 3 is 2.12 bits per heavy atom. The van der Waals surface area contributed by atoms with Gasteiger partial charge in [-0.15, -0.1) is 0 Å². The predicted octanol–water partition coefficient (Wildman–Crippen LogP) is 3.00. The molecule has 0 atom stereocenters. The fraction of sp³-hybridized carbons (Fsp3) is 0.423. The monoisotopic (exact) mass is 460 g/mol. The highest BCUT2D eigenvalue weighted by Crippen LogP contribution is 2.31. The molecule has 0 bridgehead atoms. The first kappa shape index (κ1) is 22.3. The summed E-state index contributed by atoms with van der Waals surface area (Å²) >= 11 is 0. The summed E-state index contributed by atoms with van der Waals surface area (Å²) in [7, 11) is 0. The highest BCUT2D eigenvalue weighted by Gasteiger charge is 2.40. The van der Waals surface area contributed by atoms with E-state index < -0.39 is 0 Å². The zero-order chi connectivity index (χ0) is 23.7. The number of carbonyl (C=O) groups is 4. The summed E-state index contributed by atoms with van der Waals surface area (Å²) in [6.07, 6.45) is 8.72. The highest BCUT2D eigenvalue weighted by molar-refractivity contribution is 6.22. The van der Waals surface area contributed by atoms with Gasteiger partial charge < -0.3 is 9.80 Å². The summed E-state index contributed by atoms with van der Waals surface area (Å²) in [5, 5.41) is 0. The standard InChI is InChI=1S/C26H28N4O4/c31-23(28-12-5-13-29(15-14-28)24(32)19-6-4-11-27-17-19)18-9-10-21-22(16-18)26(34)30(25(21)33)20-7-2-1-3-8-20/h4,6,9-11,16-17,20H,1-3,5,7-8,12-15H2. The smallest absolute Gasteiger partial charge is 0.261 e. The number of hydrogen-bond acceptors (Lipinski definition) is 5. The lowest BCUT2D eigenvalue weighted by Crippen LogP contribution is -2.40. The zero-order valence-electron chi connectivity index (χ0n) is 19.1. The third-order valence-electron chi connectivity index (χ3n) is 7.08. The molecule has 1 aromatic heterocycles. The number of rotatable bonds is 3. The third-order valence-corrected chi connectivity index (χ3v) is 7.08. The molecular formula is C26H28N4O4. The van der Waals surface area contributed by atoms with E-state index in [1.165, 1.54) is 4.90 Å². The average Bonchev–Trinajstić information content (AvgIpc) is 3.03. The van der Waals surface area contributed by atoms with E-state index in [1.807, 2.05) is 0 Å². The molecule has 1 saturated heterocycles. The van der Waals surface area contributed by atoms with Crippen LogP contribution in [0, 0.1) is 0 Å². The SMILES string of the molecule is O=C(c1cccnc1)N1CCCN(C(=O)c2ccc3c(c2)C(=O)N(C2CCCCC2)C3=O)CC1. The molecule has 1 aromatic carbocycles. The first-order chi connectivity index (χ1) is 16.5. The molecule has 2 aliphatic heterocycles. The topological polar surface area (TPSA) is 90.9 Å². The Morgan fingerprint density at radius 2 is 1.44 bits per heavy atom. The molecule has 0 radical (unpaired) electrons. The van der Waals surface area contributed by atoms with E-state index in [0.29, 0.717) is 54.9 Å². The number of pyridine rings is 1. The van der Waals surface area contributed by atoms with Crippen LogP contribution < -0.4 is 0 Å². The Morgan fingerprint density at radius 1 is 0.765 bits per heavy atom. The van der Waals surface area contributed by atoms with Gasteiger partial charge in [-0.05, 0) is 49.6 Å². The van der Waals surface area contributed by atoms with Crippen molar-refractivity contribution in [3.05, 3.63) is 65.0 Å². The fourth-order valence-corrected chi connectivity index (χ4v) is 5.24. The van der Waals surface area contributed by atoms with Gasteiger partial charge in [0.1, 0.15) is 0 Å². The quantitative estimate of drug-likeness (QED) is 0.657. The van der Waals surface area contributed by atoms with Gasteiger partial charge in [-0.1, -0.05) is 19.3 Å². The maximum absolute atomic E-state index is 13.3. The molecule has 1 aliphatic carbocycles. The summed E-state index contributed by atoms with van der Waals surface area (Å²) in [5.41, 5.74) is 1.64. The predicted molar refractivity (Wildman–Crippen MR) is 124 cm³/mol. The van der Waals surface area contributed by atoms with Gasteiger partial charge in [0, 0.05) is 50.2 Å². The van der Waals surface area contributed by atoms with E-state index in [1.54, 1.807) is 52.5 Å². The lowest BCUT2D eigenvalue weighted by molar-refractivity contribution is 0.0548. The molecule has 5 rings (SSSR count). The van der Waals surface area contributed by atoms with Crippen molar-refractivity contribution in [2.24, 2.45) is 0 Å². The average molecular weight is 461 g/mol. The Hall–Kier alpha value is -3.55. The molecule has 2 aromatic rings. The molecule has 2 fully saturated rings. The molecule has 3 aliphatic rings. The van der Waals surface area contributed by atoms with Gasteiger partial charge in [0.05, 0.1) is 16.7 Å². The fourth-order valence-electron chi connectivity index (χ4n) is 5.24. The van der Waals surface area contributed by atoms with E-state index in [0.717, 1.165) is 32.1 Å². The summed E-state index contributed by atoms with van der Waals surface area (Å²) < 4.78 is 0. The van der Waals surface area contributed by atoms with Gasteiger partial charge in [-0.25, -0.2) is 0 Å². The van der Waals surface area contributed by atoms with Gasteiger partial charge in [-0.2, -0.15) is 0 Å². The van der Waals surface area contributed by atoms with E-state index in [2.05, 4.69) is 4.98 Å². The number of aromatic nitrogens is 1. The Balaban J connectivity index is 1.29. The Bertz CT molecular complexity index is 1130. The molecule has 1 saturated carbocycles. The zero-order valence-corrected chi connectivity index (χ0v) is 19.1. The number of carbonyl (C=O) groups excluding carboxylic acids is 4. The van der Waals surface area contributed by atoms with Crippen LogP contribution in [0.2, 0.25) is 0 Å². The van der Waals surface area contributed by atoms with Crippen molar-refractivity contribution in [1.29, 1.82) is 0 Å². The second-order valence-corrected chi connectivity index (χ2v) is 9.21. The van der Waals surface area contributed by atoms with Crippen LogP contribution in [0.3, 0.4) is 0 Å². The number of amides is 4. The van der Waals surface area contributed by atoms with Gasteiger partial charge in [-0.3, -0.25) is 29.1 Å². The van der Waals surface area contributed by atoms with Crippen LogP contribution in [0.5, 0.6) is 0 Å². The van der Waals surface area contributed by atoms with Gasteiger partial charge >= 0.3 is 0 Å². The normalized spacial score (nSPS) is 19.2. The van der Waals surface area contributed by atoms with E-state index >= 15 is 0 Å². The minimum absolute atomic E-state index is 0.0470. The van der Waals surface area contributed by atoms with Crippen LogP contribution in [0.4, 0.5) is 0 Å². The van der Waals surface area contributed by atoms with Crippen LogP contribution in [0.15, 0.2) is 42.7 Å². The van der Waals surface area contributed by atoms with Gasteiger partial charge in [0.25, 0.3) is 23.6 Å². The first-order valence-corrected chi connectivity index (χ1v) is 12.0. The molecule has 4 amide bonds. The van der Waals surface area contributed by atoms with Crippen LogP contribution >= 0.6 is 0 Å². The van der Waals surface area contributed by atoms with Crippen molar-refractivity contribution >= 4 is 23.6 Å². The van der Waals surface area contributed by atoms with E-state index in [9.17, 15) is 19.2 Å². The first-order valence-electron chi connectivity index (χ1n) is 12.0. The second-order valence-electron chi connectivity index (χ2n) is 9.21. The van der Waals surface area contributed by atoms with Gasteiger partial charge in [0.15, 0.2) is 0 Å². The summed E-state index contributed by atoms with van der Waals surface area (Å²) in [5.74, 6) is -0.808. The molecular weight excluding hydrogens is 432 g/mol. The molecule has 0 N–H and O–H groups in total. The van der Waals surface area contributed by atoms with Crippen LogP contribution in [0.25, 0.3) is 0 Å². The Kier molecular flexibility index (Phi) is 6.13. The van der Waals surface area contributed by atoms with E-state index in [-0.39, 0.29) is 29.7 Å². The Labute approximate surface area is 198 Å². The minimum atomic E-state index is -0.286. The summed E-state index contributed by atoms with van der Waals surface area (Å²) in [4.78, 5) is 60.9. The lowest BCUT2D eigenvalue weighted by Gasteiger charge is -2.29. The van der Waals surface area contributed by atoms with Crippen molar-refractivity contribution in [2.75, 3.05) is 26.2 Å². The molecule has 3 heterocycles. The number of fused-ring (bicyclic) bond motifs is 1. The van der Waals surface area contributed by atoms with Crippen LogP contribution in [0.1, 0.15) is 80.0 Å². The molecule has 34 heavy (non-hydrogen) atoms. The second kappa shape index (κ2) is 9.37. The number of hydrogen-bond donors (Lipinski definition) is 0. The molecule has 8 nitrogen and oxygen atoms in total. The van der Waals surface area contributed by atoms with Crippen LogP contribution in [-0.4, -0.2) is 75.5 Å². The van der Waals surface area contributed by atoms with Crippen LogP contribution in [-0.2, 0) is 0 Å². The minimum Gasteiger partial charge on any atom is -0.337 e. The summed E-state index contributed by atoms with van der Waals surface area (Å²) in [6, 6.07) is 8.25. The van der Waals surface area contributed by atoms with Crippen molar-refractivity contribution in [3.8, 4) is 0 Å². The van der Waals surface area contributed by atoms with E-state index in [4.69, 9.17) is 0 Å². The molecule has 8 heteroatoms. The van der Waals surface area contributed by atoms with Crippen molar-refractivity contribution < 1.29 is 19.2 Å². The number of nitrogens with zero attached hydrogens (tertiary/aromatic N) is 4. The summed E-state index contributed by atoms with van der Waals surface area (Å²) in [6.45, 7) is 1.92. The highest BCUT2D eigenvalue weighted by atomic mass is 16.2. The number of benzene rings is 1. The molecule has 176 valence electrons. The van der Waals surface area contributed by atoms with Crippen molar-refractivity contribution in [2.45, 2.75) is 44.6 Å². The molecule has 0 spiro atoms. The lowest BCUT2D eigenvalue weighted by atomic mass is 9.94. The van der Waals surface area contributed by atoms with Gasteiger partial charge in [0.2, 0.25) is 0 Å². The largest absolute Gasteiger partial charge is 0.337 e. The maximum Gasteiger partial charge on any atom is 0.261 e. The van der Waals surface area contributed by atoms with Crippen molar-refractivity contribution in [1.82, 2.24) is 19.7 Å².